The van der Waals surface area contributed by atoms with Crippen LogP contribution in [0.3, 0.4) is 0 Å². The van der Waals surface area contributed by atoms with Crippen molar-refractivity contribution >= 4 is 38.9 Å². The summed E-state index contributed by atoms with van der Waals surface area (Å²) in [5, 5.41) is 3.57. The number of rotatable bonds is 4. The molecule has 0 fully saturated rings. The summed E-state index contributed by atoms with van der Waals surface area (Å²) in [5.74, 6) is -0.449. The maximum atomic E-state index is 12.4. The summed E-state index contributed by atoms with van der Waals surface area (Å²) in [7, 11) is 1.59. The van der Waals surface area contributed by atoms with Gasteiger partial charge >= 0.3 is 0 Å². The quantitative estimate of drug-likeness (QED) is 0.895. The van der Waals surface area contributed by atoms with Crippen LogP contribution < -0.4 is 11.1 Å². The van der Waals surface area contributed by atoms with Gasteiger partial charge in [-0.3, -0.25) is 14.6 Å². The summed E-state index contributed by atoms with van der Waals surface area (Å²) >= 11 is 1.29. The first-order chi connectivity index (χ1) is 9.90. The number of likely N-dealkylation sites (N-methyl/N-ethyl adjacent to an activating group) is 1. The second kappa shape index (κ2) is 6.09. The third-order valence-corrected chi connectivity index (χ3v) is 4.05. The Balaban J connectivity index is 2.18. The first kappa shape index (κ1) is 15.2. The van der Waals surface area contributed by atoms with Crippen LogP contribution in [0.25, 0.3) is 10.1 Å². The first-order valence-electron chi connectivity index (χ1n) is 6.57. The second-order valence-electron chi connectivity index (χ2n) is 5.10. The predicted molar refractivity (Wildman–Crippen MR) is 84.3 cm³/mol. The number of anilines is 1. The van der Waals surface area contributed by atoms with Gasteiger partial charge in [-0.1, -0.05) is 0 Å². The van der Waals surface area contributed by atoms with Crippen molar-refractivity contribution in [3.63, 3.8) is 0 Å². The summed E-state index contributed by atoms with van der Waals surface area (Å²) in [6, 6.07) is 1.82. The fourth-order valence-corrected chi connectivity index (χ4v) is 3.04. The normalized spacial score (nSPS) is 10.9. The molecular formula is C14H18N4O2S. The lowest BCUT2D eigenvalue weighted by Crippen LogP contribution is -2.40. The molecule has 0 bridgehead atoms. The Morgan fingerprint density at radius 2 is 2.19 bits per heavy atom. The number of fused-ring (bicyclic) bond motifs is 1. The number of nitrogens with zero attached hydrogens (tertiary/aromatic N) is 2. The molecule has 0 atom stereocenters. The molecule has 2 aromatic heterocycles. The van der Waals surface area contributed by atoms with Crippen LogP contribution in [0.2, 0.25) is 0 Å². The summed E-state index contributed by atoms with van der Waals surface area (Å²) in [6.07, 6.45) is 3.32. The van der Waals surface area contributed by atoms with E-state index in [0.717, 1.165) is 10.1 Å². The zero-order valence-electron chi connectivity index (χ0n) is 12.2. The molecule has 0 unspecified atom stereocenters. The maximum absolute atomic E-state index is 12.4. The Bertz CT molecular complexity index is 681. The molecular weight excluding hydrogens is 288 g/mol. The number of carbonyl (C=O) groups is 2. The molecule has 112 valence electrons. The van der Waals surface area contributed by atoms with Crippen LogP contribution in [0.1, 0.15) is 23.5 Å². The van der Waals surface area contributed by atoms with Gasteiger partial charge < -0.3 is 16.0 Å². The predicted octanol–water partition coefficient (Wildman–Crippen LogP) is 1.48. The molecule has 2 amide bonds. The standard InChI is InChI=1S/C14H18N4O2S/c1-8(2)17-11(19)7-18(3)14(20)13-12(15)9-4-5-16-6-10(9)21-13/h4-6,8H,7,15H2,1-3H3,(H,17,19). The molecule has 0 aliphatic heterocycles. The average Bonchev–Trinajstić information content (AvgIpc) is 2.74. The summed E-state index contributed by atoms with van der Waals surface area (Å²) in [5.41, 5.74) is 6.47. The molecule has 7 heteroatoms. The van der Waals surface area contributed by atoms with Gasteiger partial charge in [-0.2, -0.15) is 0 Å². The molecule has 0 saturated carbocycles. The summed E-state index contributed by atoms with van der Waals surface area (Å²) in [4.78, 5) is 30.0. The van der Waals surface area contributed by atoms with Crippen LogP contribution in [0, 0.1) is 0 Å². The summed E-state index contributed by atoms with van der Waals surface area (Å²) in [6.45, 7) is 3.75. The molecule has 0 aliphatic carbocycles. The summed E-state index contributed by atoms with van der Waals surface area (Å²) < 4.78 is 0.860. The van der Waals surface area contributed by atoms with Crippen molar-refractivity contribution in [1.29, 1.82) is 0 Å². The van der Waals surface area contributed by atoms with Gasteiger partial charge in [0.05, 0.1) is 16.9 Å². The number of hydrogen-bond donors (Lipinski definition) is 2. The van der Waals surface area contributed by atoms with Crippen LogP contribution in [-0.2, 0) is 4.79 Å². The van der Waals surface area contributed by atoms with Crippen LogP contribution in [-0.4, -0.2) is 41.3 Å². The molecule has 0 aliphatic rings. The number of nitrogens with two attached hydrogens (primary N) is 1. The van der Waals surface area contributed by atoms with Crippen LogP contribution in [0.15, 0.2) is 18.5 Å². The van der Waals surface area contributed by atoms with Gasteiger partial charge in [-0.05, 0) is 19.9 Å². The molecule has 0 saturated heterocycles. The van der Waals surface area contributed by atoms with Crippen molar-refractivity contribution in [3.05, 3.63) is 23.3 Å². The van der Waals surface area contributed by atoms with Crippen molar-refractivity contribution in [2.45, 2.75) is 19.9 Å². The van der Waals surface area contributed by atoms with E-state index >= 15 is 0 Å². The Labute approximate surface area is 127 Å². The monoisotopic (exact) mass is 306 g/mol. The third kappa shape index (κ3) is 3.30. The zero-order chi connectivity index (χ0) is 15.6. The van der Waals surface area contributed by atoms with Crippen molar-refractivity contribution < 1.29 is 9.59 Å². The molecule has 21 heavy (non-hydrogen) atoms. The van der Waals surface area contributed by atoms with Gasteiger partial charge in [-0.25, -0.2) is 0 Å². The SMILES string of the molecule is CC(C)NC(=O)CN(C)C(=O)c1sc2cnccc2c1N. The fourth-order valence-electron chi connectivity index (χ4n) is 1.96. The second-order valence-corrected chi connectivity index (χ2v) is 6.15. The molecule has 2 heterocycles. The number of nitrogens with one attached hydrogen (secondary N) is 1. The highest BCUT2D eigenvalue weighted by Crippen LogP contribution is 2.33. The largest absolute Gasteiger partial charge is 0.397 e. The van der Waals surface area contributed by atoms with Crippen molar-refractivity contribution in [2.75, 3.05) is 19.3 Å². The third-order valence-electron chi connectivity index (χ3n) is 2.90. The number of carbonyl (C=O) groups excluding carboxylic acids is 2. The molecule has 2 aromatic rings. The molecule has 2 rings (SSSR count). The van der Waals surface area contributed by atoms with E-state index in [1.807, 2.05) is 13.8 Å². The van der Waals surface area contributed by atoms with E-state index in [2.05, 4.69) is 10.3 Å². The van der Waals surface area contributed by atoms with Gasteiger partial charge in [0, 0.05) is 30.9 Å². The number of hydrogen-bond acceptors (Lipinski definition) is 5. The van der Waals surface area contributed by atoms with E-state index in [0.29, 0.717) is 10.6 Å². The highest BCUT2D eigenvalue weighted by molar-refractivity contribution is 7.21. The Morgan fingerprint density at radius 3 is 2.81 bits per heavy atom. The topological polar surface area (TPSA) is 88.3 Å². The molecule has 3 N–H and O–H groups in total. The Morgan fingerprint density at radius 1 is 1.48 bits per heavy atom. The first-order valence-corrected chi connectivity index (χ1v) is 7.38. The number of pyridine rings is 1. The molecule has 0 spiro atoms. The Kier molecular flexibility index (Phi) is 4.42. The molecule has 0 radical (unpaired) electrons. The molecule has 0 aromatic carbocycles. The fraction of sp³-hybridized carbons (Fsp3) is 0.357. The highest BCUT2D eigenvalue weighted by Gasteiger charge is 2.21. The van der Waals surface area contributed by atoms with Crippen LogP contribution in [0.5, 0.6) is 0 Å². The lowest BCUT2D eigenvalue weighted by atomic mass is 10.2. The van der Waals surface area contributed by atoms with Gasteiger partial charge in [0.15, 0.2) is 0 Å². The maximum Gasteiger partial charge on any atom is 0.266 e. The van der Waals surface area contributed by atoms with Gasteiger partial charge in [0.1, 0.15) is 4.88 Å². The molecule has 6 nitrogen and oxygen atoms in total. The van der Waals surface area contributed by atoms with E-state index in [4.69, 9.17) is 5.73 Å². The van der Waals surface area contributed by atoms with Gasteiger partial charge in [0.2, 0.25) is 5.91 Å². The minimum absolute atomic E-state index is 0.00293. The average molecular weight is 306 g/mol. The number of amides is 2. The van der Waals surface area contributed by atoms with E-state index in [1.54, 1.807) is 25.5 Å². The van der Waals surface area contributed by atoms with E-state index < -0.39 is 0 Å². The zero-order valence-corrected chi connectivity index (χ0v) is 13.0. The van der Waals surface area contributed by atoms with Crippen molar-refractivity contribution in [3.8, 4) is 0 Å². The minimum atomic E-state index is -0.257. The van der Waals surface area contributed by atoms with E-state index in [9.17, 15) is 9.59 Å². The van der Waals surface area contributed by atoms with Crippen molar-refractivity contribution in [2.24, 2.45) is 0 Å². The van der Waals surface area contributed by atoms with Crippen LogP contribution in [0.4, 0.5) is 5.69 Å². The Hall–Kier alpha value is -2.15. The lowest BCUT2D eigenvalue weighted by molar-refractivity contribution is -0.122. The lowest BCUT2D eigenvalue weighted by Gasteiger charge is -2.17. The van der Waals surface area contributed by atoms with Crippen molar-refractivity contribution in [1.82, 2.24) is 15.2 Å². The van der Waals surface area contributed by atoms with Crippen LogP contribution >= 0.6 is 11.3 Å². The van der Waals surface area contributed by atoms with Gasteiger partial charge in [-0.15, -0.1) is 11.3 Å². The minimum Gasteiger partial charge on any atom is -0.397 e. The van der Waals surface area contributed by atoms with E-state index in [1.165, 1.54) is 16.2 Å². The number of aromatic nitrogens is 1. The highest BCUT2D eigenvalue weighted by atomic mass is 32.1. The van der Waals surface area contributed by atoms with Gasteiger partial charge in [0.25, 0.3) is 5.91 Å². The number of thiophene rings is 1. The van der Waals surface area contributed by atoms with E-state index in [-0.39, 0.29) is 24.4 Å². The smallest absolute Gasteiger partial charge is 0.266 e. The number of nitrogen functional groups attached to an aromatic ring is 1.